The van der Waals surface area contributed by atoms with Crippen LogP contribution in [0.5, 0.6) is 5.75 Å². The van der Waals surface area contributed by atoms with Crippen LogP contribution in [0.3, 0.4) is 0 Å². The van der Waals surface area contributed by atoms with Crippen molar-refractivity contribution in [2.24, 2.45) is 0 Å². The number of ether oxygens (including phenoxy) is 2. The highest BCUT2D eigenvalue weighted by Gasteiger charge is 2.35. The van der Waals surface area contributed by atoms with E-state index in [1.54, 1.807) is 20.1 Å². The molecule has 1 aromatic carbocycles. The van der Waals surface area contributed by atoms with E-state index in [0.717, 1.165) is 31.2 Å². The molecular formula is C18H22N2O4. The summed E-state index contributed by atoms with van der Waals surface area (Å²) in [6.45, 7) is 1.71. The molecule has 0 aromatic heterocycles. The number of methoxy groups -OCH3 is 1. The topological polar surface area (TPSA) is 76.7 Å². The third kappa shape index (κ3) is 3.22. The van der Waals surface area contributed by atoms with Gasteiger partial charge < -0.3 is 20.1 Å². The fourth-order valence-electron chi connectivity index (χ4n) is 3.32. The van der Waals surface area contributed by atoms with Crippen molar-refractivity contribution in [1.82, 2.24) is 10.6 Å². The van der Waals surface area contributed by atoms with Crippen LogP contribution < -0.4 is 15.4 Å². The van der Waals surface area contributed by atoms with E-state index in [2.05, 4.69) is 10.6 Å². The summed E-state index contributed by atoms with van der Waals surface area (Å²) in [5.74, 6) is 0.228. The zero-order valence-electron chi connectivity index (χ0n) is 13.9. The van der Waals surface area contributed by atoms with Gasteiger partial charge in [-0.05, 0) is 38.7 Å². The molecule has 0 unspecified atom stereocenters. The van der Waals surface area contributed by atoms with Gasteiger partial charge in [-0.25, -0.2) is 9.59 Å². The molecule has 0 saturated heterocycles. The van der Waals surface area contributed by atoms with Crippen LogP contribution in [0.15, 0.2) is 35.5 Å². The highest BCUT2D eigenvalue weighted by molar-refractivity contribution is 5.95. The van der Waals surface area contributed by atoms with Gasteiger partial charge in [0.1, 0.15) is 11.9 Å². The zero-order valence-corrected chi connectivity index (χ0v) is 13.9. The number of para-hydroxylation sites is 1. The number of hydrogen-bond donors (Lipinski definition) is 2. The number of rotatable bonds is 4. The van der Waals surface area contributed by atoms with E-state index in [-0.39, 0.29) is 18.1 Å². The minimum absolute atomic E-state index is 0.0336. The van der Waals surface area contributed by atoms with Crippen molar-refractivity contribution in [1.29, 1.82) is 0 Å². The van der Waals surface area contributed by atoms with E-state index in [1.807, 2.05) is 18.2 Å². The van der Waals surface area contributed by atoms with Crippen molar-refractivity contribution in [2.45, 2.75) is 44.8 Å². The molecule has 6 heteroatoms. The predicted molar refractivity (Wildman–Crippen MR) is 88.5 cm³/mol. The number of amides is 2. The lowest BCUT2D eigenvalue weighted by atomic mass is 9.95. The largest absolute Gasteiger partial charge is 0.496 e. The summed E-state index contributed by atoms with van der Waals surface area (Å²) in [5.41, 5.74) is 1.66. The van der Waals surface area contributed by atoms with Gasteiger partial charge in [-0.2, -0.15) is 0 Å². The maximum atomic E-state index is 12.7. The number of nitrogens with one attached hydrogen (secondary N) is 2. The van der Waals surface area contributed by atoms with E-state index in [9.17, 15) is 9.59 Å². The zero-order chi connectivity index (χ0) is 17.1. The Morgan fingerprint density at radius 3 is 2.62 bits per heavy atom. The molecule has 1 fully saturated rings. The fourth-order valence-corrected chi connectivity index (χ4v) is 3.32. The maximum absolute atomic E-state index is 12.7. The maximum Gasteiger partial charge on any atom is 0.338 e. The van der Waals surface area contributed by atoms with E-state index in [1.165, 1.54) is 0 Å². The lowest BCUT2D eigenvalue weighted by Crippen LogP contribution is -2.45. The van der Waals surface area contributed by atoms with Crippen LogP contribution in [-0.2, 0) is 9.53 Å². The second-order valence-corrected chi connectivity index (χ2v) is 6.12. The smallest absolute Gasteiger partial charge is 0.338 e. The molecule has 0 bridgehead atoms. The molecule has 1 aromatic rings. The molecule has 1 atom stereocenters. The first-order valence-electron chi connectivity index (χ1n) is 8.22. The number of benzene rings is 1. The first kappa shape index (κ1) is 16.4. The molecule has 1 heterocycles. The van der Waals surface area contributed by atoms with Gasteiger partial charge in [-0.3, -0.25) is 0 Å². The number of carbonyl (C=O) groups excluding carboxylic acids is 2. The summed E-state index contributed by atoms with van der Waals surface area (Å²) in [5, 5.41) is 5.47. The number of allylic oxidation sites excluding steroid dienone is 1. The first-order chi connectivity index (χ1) is 11.6. The number of esters is 1. The standard InChI is InChI=1S/C18H22N2O4/c1-11-15(17(21)24-12-7-3-4-8-12)16(20-18(22)19-11)13-9-5-6-10-14(13)23-2/h5-6,9-10,12,16H,3-4,7-8H2,1-2H3,(H2,19,20,22)/t16-/m0/s1. The summed E-state index contributed by atoms with van der Waals surface area (Å²) in [4.78, 5) is 24.7. The molecule has 0 spiro atoms. The molecule has 2 aliphatic rings. The lowest BCUT2D eigenvalue weighted by Gasteiger charge is -2.29. The molecule has 24 heavy (non-hydrogen) atoms. The Hall–Kier alpha value is -2.50. The van der Waals surface area contributed by atoms with Crippen LogP contribution in [-0.4, -0.2) is 25.2 Å². The second-order valence-electron chi connectivity index (χ2n) is 6.12. The van der Waals surface area contributed by atoms with E-state index >= 15 is 0 Å². The van der Waals surface area contributed by atoms with Gasteiger partial charge in [0.15, 0.2) is 0 Å². The summed E-state index contributed by atoms with van der Waals surface area (Å²) >= 11 is 0. The van der Waals surface area contributed by atoms with Gasteiger partial charge in [-0.1, -0.05) is 18.2 Å². The van der Waals surface area contributed by atoms with Gasteiger partial charge in [-0.15, -0.1) is 0 Å². The Labute approximate surface area is 141 Å². The Morgan fingerprint density at radius 2 is 1.92 bits per heavy atom. The van der Waals surface area contributed by atoms with Gasteiger partial charge in [0.05, 0.1) is 18.7 Å². The molecule has 2 amide bonds. The average molecular weight is 330 g/mol. The average Bonchev–Trinajstić information content (AvgIpc) is 3.06. The summed E-state index contributed by atoms with van der Waals surface area (Å²) in [6.07, 6.45) is 3.93. The summed E-state index contributed by atoms with van der Waals surface area (Å²) in [7, 11) is 1.56. The normalized spacial score (nSPS) is 21.2. The summed E-state index contributed by atoms with van der Waals surface area (Å²) in [6, 6.07) is 6.40. The van der Waals surface area contributed by atoms with Crippen LogP contribution in [0.4, 0.5) is 4.79 Å². The Bertz CT molecular complexity index is 677. The van der Waals surface area contributed by atoms with Crippen LogP contribution >= 0.6 is 0 Å². The number of urea groups is 1. The molecule has 3 rings (SSSR count). The Kier molecular flexibility index (Phi) is 4.74. The van der Waals surface area contributed by atoms with Crippen molar-refractivity contribution >= 4 is 12.0 Å². The van der Waals surface area contributed by atoms with E-state index in [0.29, 0.717) is 17.0 Å². The molecule has 1 saturated carbocycles. The van der Waals surface area contributed by atoms with Gasteiger partial charge in [0.25, 0.3) is 0 Å². The molecule has 2 N–H and O–H groups in total. The first-order valence-corrected chi connectivity index (χ1v) is 8.22. The Balaban J connectivity index is 1.94. The monoisotopic (exact) mass is 330 g/mol. The van der Waals surface area contributed by atoms with Gasteiger partial charge in [0, 0.05) is 11.3 Å². The van der Waals surface area contributed by atoms with Crippen LogP contribution in [0.1, 0.15) is 44.2 Å². The molecule has 128 valence electrons. The molecule has 0 radical (unpaired) electrons. The van der Waals surface area contributed by atoms with Crippen molar-refractivity contribution in [3.63, 3.8) is 0 Å². The minimum Gasteiger partial charge on any atom is -0.496 e. The fraction of sp³-hybridized carbons (Fsp3) is 0.444. The third-order valence-electron chi connectivity index (χ3n) is 4.51. The van der Waals surface area contributed by atoms with Gasteiger partial charge >= 0.3 is 12.0 Å². The molecule has 1 aliphatic heterocycles. The SMILES string of the molecule is COc1ccccc1[C@@H]1NC(=O)NC(C)=C1C(=O)OC1CCCC1. The highest BCUT2D eigenvalue weighted by Crippen LogP contribution is 2.34. The van der Waals surface area contributed by atoms with Crippen molar-refractivity contribution in [2.75, 3.05) is 7.11 Å². The Morgan fingerprint density at radius 1 is 1.21 bits per heavy atom. The van der Waals surface area contributed by atoms with Crippen molar-refractivity contribution in [3.05, 3.63) is 41.1 Å². The second kappa shape index (κ2) is 6.95. The van der Waals surface area contributed by atoms with Gasteiger partial charge in [0.2, 0.25) is 0 Å². The highest BCUT2D eigenvalue weighted by atomic mass is 16.5. The predicted octanol–water partition coefficient (Wildman–Crippen LogP) is 2.81. The summed E-state index contributed by atoms with van der Waals surface area (Å²) < 4.78 is 11.0. The molecule has 1 aliphatic carbocycles. The number of hydrogen-bond acceptors (Lipinski definition) is 4. The lowest BCUT2D eigenvalue weighted by molar-refractivity contribution is -0.144. The third-order valence-corrected chi connectivity index (χ3v) is 4.51. The quantitative estimate of drug-likeness (QED) is 0.832. The van der Waals surface area contributed by atoms with Crippen molar-refractivity contribution in [3.8, 4) is 5.75 Å². The van der Waals surface area contributed by atoms with Crippen LogP contribution in [0.25, 0.3) is 0 Å². The van der Waals surface area contributed by atoms with E-state index < -0.39 is 6.04 Å². The van der Waals surface area contributed by atoms with E-state index in [4.69, 9.17) is 9.47 Å². The van der Waals surface area contributed by atoms with Crippen LogP contribution in [0.2, 0.25) is 0 Å². The minimum atomic E-state index is -0.594. The van der Waals surface area contributed by atoms with Crippen LogP contribution in [0, 0.1) is 0 Å². The number of carbonyl (C=O) groups is 2. The van der Waals surface area contributed by atoms with Crippen molar-refractivity contribution < 1.29 is 19.1 Å². The molecular weight excluding hydrogens is 308 g/mol. The molecule has 6 nitrogen and oxygen atoms in total.